The van der Waals surface area contributed by atoms with Crippen molar-refractivity contribution in [2.45, 2.75) is 0 Å². The summed E-state index contributed by atoms with van der Waals surface area (Å²) in [5.41, 5.74) is 6.18. The molecule has 0 atom stereocenters. The van der Waals surface area contributed by atoms with E-state index in [9.17, 15) is 9.90 Å². The molecular weight excluding hydrogens is 234 g/mol. The van der Waals surface area contributed by atoms with E-state index in [2.05, 4.69) is 0 Å². The molecule has 3 rings (SSSR count). The third-order valence-electron chi connectivity index (χ3n) is 2.69. The number of phenols is 1. The third-order valence-corrected chi connectivity index (χ3v) is 3.93. The highest BCUT2D eigenvalue weighted by Gasteiger charge is 2.09. The normalized spacial score (nSPS) is 11.1. The zero-order chi connectivity index (χ0) is 12.0. The summed E-state index contributed by atoms with van der Waals surface area (Å²) in [5, 5.41) is 10.6. The van der Waals surface area contributed by atoms with Crippen LogP contribution in [-0.4, -0.2) is 5.11 Å². The first-order valence-corrected chi connectivity index (χ1v) is 5.92. The Kier molecular flexibility index (Phi) is 2.06. The molecule has 84 valence electrons. The van der Waals surface area contributed by atoms with Gasteiger partial charge in [0.1, 0.15) is 5.75 Å². The predicted molar refractivity (Wildman–Crippen MR) is 71.7 cm³/mol. The first-order chi connectivity index (χ1) is 8.16. The van der Waals surface area contributed by atoms with Crippen molar-refractivity contribution in [3.05, 3.63) is 46.6 Å². The molecule has 0 aliphatic carbocycles. The van der Waals surface area contributed by atoms with E-state index in [1.807, 2.05) is 18.2 Å². The SMILES string of the molecule is Nc1cc(O)cc2c(=O)c3ccccc3sc12. The van der Waals surface area contributed by atoms with E-state index in [0.717, 1.165) is 9.40 Å². The van der Waals surface area contributed by atoms with Crippen molar-refractivity contribution in [1.82, 2.24) is 0 Å². The minimum Gasteiger partial charge on any atom is -0.508 e. The molecule has 0 saturated carbocycles. The van der Waals surface area contributed by atoms with E-state index in [1.165, 1.54) is 23.5 Å². The highest BCUT2D eigenvalue weighted by Crippen LogP contribution is 2.31. The Morgan fingerprint density at radius 1 is 1.12 bits per heavy atom. The van der Waals surface area contributed by atoms with E-state index >= 15 is 0 Å². The summed E-state index contributed by atoms with van der Waals surface area (Å²) in [7, 11) is 0. The van der Waals surface area contributed by atoms with Gasteiger partial charge < -0.3 is 10.8 Å². The van der Waals surface area contributed by atoms with E-state index in [1.54, 1.807) is 6.07 Å². The largest absolute Gasteiger partial charge is 0.508 e. The van der Waals surface area contributed by atoms with Crippen LogP contribution in [0.15, 0.2) is 41.2 Å². The summed E-state index contributed by atoms with van der Waals surface area (Å²) in [6, 6.07) is 10.3. The Labute approximate surface area is 101 Å². The molecule has 0 saturated heterocycles. The Hall–Kier alpha value is -2.07. The molecule has 0 aliphatic rings. The van der Waals surface area contributed by atoms with Crippen molar-refractivity contribution in [2.24, 2.45) is 0 Å². The molecule has 0 amide bonds. The lowest BCUT2D eigenvalue weighted by Gasteiger charge is -2.04. The first-order valence-electron chi connectivity index (χ1n) is 5.11. The van der Waals surface area contributed by atoms with Gasteiger partial charge in [-0.25, -0.2) is 0 Å². The number of anilines is 1. The summed E-state index contributed by atoms with van der Waals surface area (Å²) in [4.78, 5) is 12.2. The lowest BCUT2D eigenvalue weighted by Crippen LogP contribution is -2.01. The molecule has 4 heteroatoms. The van der Waals surface area contributed by atoms with Gasteiger partial charge in [0, 0.05) is 21.5 Å². The zero-order valence-corrected chi connectivity index (χ0v) is 9.62. The second-order valence-electron chi connectivity index (χ2n) is 3.84. The van der Waals surface area contributed by atoms with Crippen LogP contribution in [0.5, 0.6) is 5.75 Å². The minimum atomic E-state index is -0.0862. The second kappa shape index (κ2) is 3.46. The molecule has 0 spiro atoms. The predicted octanol–water partition coefficient (Wildman–Crippen LogP) is 2.70. The van der Waals surface area contributed by atoms with Crippen LogP contribution in [0.3, 0.4) is 0 Å². The number of fused-ring (bicyclic) bond motifs is 2. The average Bonchev–Trinajstić information content (AvgIpc) is 2.31. The Morgan fingerprint density at radius 3 is 2.71 bits per heavy atom. The van der Waals surface area contributed by atoms with Gasteiger partial charge in [-0.2, -0.15) is 0 Å². The molecular formula is C13H9NO2S. The van der Waals surface area contributed by atoms with Gasteiger partial charge in [0.15, 0.2) is 5.43 Å². The van der Waals surface area contributed by atoms with Crippen molar-refractivity contribution >= 4 is 37.2 Å². The number of phenolic OH excluding ortho intramolecular Hbond substituents is 1. The van der Waals surface area contributed by atoms with Crippen molar-refractivity contribution in [1.29, 1.82) is 0 Å². The lowest BCUT2D eigenvalue weighted by molar-refractivity contribution is 0.476. The summed E-state index contributed by atoms with van der Waals surface area (Å²) in [6.07, 6.45) is 0. The number of nitrogens with two attached hydrogens (primary N) is 1. The molecule has 1 heterocycles. The first kappa shape index (κ1) is 10.1. The average molecular weight is 243 g/mol. The van der Waals surface area contributed by atoms with E-state index < -0.39 is 0 Å². The quantitative estimate of drug-likeness (QED) is 0.471. The van der Waals surface area contributed by atoms with Crippen molar-refractivity contribution in [3.63, 3.8) is 0 Å². The molecule has 0 unspecified atom stereocenters. The molecule has 0 fully saturated rings. The number of benzene rings is 2. The molecule has 0 radical (unpaired) electrons. The van der Waals surface area contributed by atoms with Crippen LogP contribution in [0.4, 0.5) is 5.69 Å². The fourth-order valence-electron chi connectivity index (χ4n) is 1.92. The van der Waals surface area contributed by atoms with Crippen LogP contribution in [-0.2, 0) is 0 Å². The van der Waals surface area contributed by atoms with E-state index in [0.29, 0.717) is 16.5 Å². The molecule has 3 nitrogen and oxygen atoms in total. The monoisotopic (exact) mass is 243 g/mol. The third kappa shape index (κ3) is 1.45. The van der Waals surface area contributed by atoms with E-state index in [-0.39, 0.29) is 11.2 Å². The highest BCUT2D eigenvalue weighted by molar-refractivity contribution is 7.25. The van der Waals surface area contributed by atoms with Crippen molar-refractivity contribution in [3.8, 4) is 5.75 Å². The van der Waals surface area contributed by atoms with Gasteiger partial charge in [-0.15, -0.1) is 11.3 Å². The van der Waals surface area contributed by atoms with Gasteiger partial charge in [-0.05, 0) is 18.2 Å². The number of nitrogen functional groups attached to an aromatic ring is 1. The zero-order valence-electron chi connectivity index (χ0n) is 8.81. The van der Waals surface area contributed by atoms with Crippen LogP contribution in [0.25, 0.3) is 20.2 Å². The fraction of sp³-hybridized carbons (Fsp3) is 0. The number of hydrogen-bond acceptors (Lipinski definition) is 4. The summed E-state index contributed by atoms with van der Waals surface area (Å²) < 4.78 is 1.63. The minimum absolute atomic E-state index is 0.0228. The van der Waals surface area contributed by atoms with Crippen LogP contribution < -0.4 is 11.2 Å². The molecule has 1 aromatic heterocycles. The molecule has 2 aromatic carbocycles. The van der Waals surface area contributed by atoms with Crippen LogP contribution in [0.1, 0.15) is 0 Å². The lowest BCUT2D eigenvalue weighted by atomic mass is 10.1. The number of hydrogen-bond donors (Lipinski definition) is 2. The highest BCUT2D eigenvalue weighted by atomic mass is 32.1. The Bertz CT molecular complexity index is 792. The fourth-order valence-corrected chi connectivity index (χ4v) is 2.99. The van der Waals surface area contributed by atoms with Gasteiger partial charge in [-0.3, -0.25) is 4.79 Å². The molecule has 3 aromatic rings. The molecule has 3 N–H and O–H groups in total. The maximum atomic E-state index is 12.2. The van der Waals surface area contributed by atoms with Crippen LogP contribution >= 0.6 is 11.3 Å². The van der Waals surface area contributed by atoms with Gasteiger partial charge >= 0.3 is 0 Å². The van der Waals surface area contributed by atoms with Crippen molar-refractivity contribution in [2.75, 3.05) is 5.73 Å². The Balaban J connectivity index is 2.64. The second-order valence-corrected chi connectivity index (χ2v) is 4.89. The molecule has 0 bridgehead atoms. The Morgan fingerprint density at radius 2 is 1.88 bits per heavy atom. The number of rotatable bonds is 0. The molecule has 17 heavy (non-hydrogen) atoms. The maximum Gasteiger partial charge on any atom is 0.196 e. The molecule has 0 aliphatic heterocycles. The topological polar surface area (TPSA) is 63.3 Å². The summed E-state index contributed by atoms with van der Waals surface area (Å²) >= 11 is 1.46. The summed E-state index contributed by atoms with van der Waals surface area (Å²) in [5.74, 6) is 0.0228. The van der Waals surface area contributed by atoms with Crippen LogP contribution in [0.2, 0.25) is 0 Å². The van der Waals surface area contributed by atoms with E-state index in [4.69, 9.17) is 5.73 Å². The standard InChI is InChI=1S/C13H9NO2S/c14-10-6-7(15)5-9-12(16)8-3-1-2-4-11(8)17-13(9)10/h1-6,15H,14H2. The van der Waals surface area contributed by atoms with Gasteiger partial charge in [-0.1, -0.05) is 12.1 Å². The van der Waals surface area contributed by atoms with Crippen LogP contribution in [0, 0.1) is 0 Å². The summed E-state index contributed by atoms with van der Waals surface area (Å²) in [6.45, 7) is 0. The van der Waals surface area contributed by atoms with Gasteiger partial charge in [0.25, 0.3) is 0 Å². The van der Waals surface area contributed by atoms with Gasteiger partial charge in [0.05, 0.1) is 10.4 Å². The maximum absolute atomic E-state index is 12.2. The van der Waals surface area contributed by atoms with Gasteiger partial charge in [0.2, 0.25) is 0 Å². The smallest absolute Gasteiger partial charge is 0.196 e. The number of aromatic hydroxyl groups is 1. The van der Waals surface area contributed by atoms with Crippen molar-refractivity contribution < 1.29 is 5.11 Å².